The van der Waals surface area contributed by atoms with Crippen LogP contribution in [0.2, 0.25) is 10.0 Å². The van der Waals surface area contributed by atoms with E-state index in [1.165, 1.54) is 6.07 Å². The van der Waals surface area contributed by atoms with E-state index in [0.29, 0.717) is 27.0 Å². The molecular weight excluding hydrogens is 450 g/mol. The topological polar surface area (TPSA) is 116 Å². The molecule has 1 atom stereocenters. The molecule has 2 aromatic carbocycles. The number of nitrogens with one attached hydrogen (secondary N) is 2. The summed E-state index contributed by atoms with van der Waals surface area (Å²) in [5.74, 6) is -1.14. The number of benzene rings is 2. The number of carbonyl (C=O) groups excluding carboxylic acids is 2. The Morgan fingerprint density at radius 1 is 1.00 bits per heavy atom. The molecule has 0 aromatic heterocycles. The van der Waals surface area contributed by atoms with Gasteiger partial charge in [-0.15, -0.1) is 0 Å². The van der Waals surface area contributed by atoms with E-state index >= 15 is 0 Å². The van der Waals surface area contributed by atoms with Crippen molar-refractivity contribution in [2.75, 3.05) is 10.6 Å². The first-order valence-corrected chi connectivity index (χ1v) is 11.6. The molecule has 162 valence electrons. The highest BCUT2D eigenvalue weighted by Crippen LogP contribution is 2.44. The Morgan fingerprint density at radius 2 is 1.63 bits per heavy atom. The molecule has 2 amide bonds. The average molecular weight is 473 g/mol. The van der Waals surface area contributed by atoms with Crippen LogP contribution in [-0.2, 0) is 20.6 Å². The summed E-state index contributed by atoms with van der Waals surface area (Å²) in [6.45, 7) is 3.56. The zero-order chi connectivity index (χ0) is 22.5. The molecule has 0 aliphatic heterocycles. The van der Waals surface area contributed by atoms with Gasteiger partial charge < -0.3 is 20.4 Å². The number of hydrogen-bond acceptors (Lipinski definition) is 3. The van der Waals surface area contributed by atoms with Gasteiger partial charge in [0.05, 0.1) is 16.5 Å². The Morgan fingerprint density at radius 3 is 2.20 bits per heavy atom. The third kappa shape index (κ3) is 7.42. The Balaban J connectivity index is 2.06. The molecule has 2 aromatic rings. The quantitative estimate of drug-likeness (QED) is 0.415. The van der Waals surface area contributed by atoms with Crippen LogP contribution in [0, 0.1) is 5.92 Å². The van der Waals surface area contributed by atoms with E-state index in [-0.39, 0.29) is 24.7 Å². The zero-order valence-corrected chi connectivity index (χ0v) is 18.8. The molecular formula is C20H23Cl2N2O5P. The first-order chi connectivity index (χ1) is 14.0. The number of carbonyl (C=O) groups is 2. The first kappa shape index (κ1) is 24.4. The molecule has 7 nitrogen and oxygen atoms in total. The second-order valence-corrected chi connectivity index (χ2v) is 9.89. The van der Waals surface area contributed by atoms with Gasteiger partial charge in [0.15, 0.2) is 0 Å². The van der Waals surface area contributed by atoms with Gasteiger partial charge in [-0.3, -0.25) is 14.2 Å². The lowest BCUT2D eigenvalue weighted by Crippen LogP contribution is -2.29. The molecule has 4 N–H and O–H groups in total. The Hall–Kier alpha value is -1.89. The summed E-state index contributed by atoms with van der Waals surface area (Å²) in [5.41, 5.74) is -0.0149. The van der Waals surface area contributed by atoms with E-state index in [0.717, 1.165) is 0 Å². The highest BCUT2D eigenvalue weighted by atomic mass is 35.5. The third-order valence-electron chi connectivity index (χ3n) is 4.17. The molecule has 0 saturated carbocycles. The summed E-state index contributed by atoms with van der Waals surface area (Å²) in [5, 5.41) is 5.98. The van der Waals surface area contributed by atoms with Gasteiger partial charge in [-0.05, 0) is 48.2 Å². The van der Waals surface area contributed by atoms with Gasteiger partial charge in [-0.25, -0.2) is 0 Å². The molecule has 0 bridgehead atoms. The molecule has 30 heavy (non-hydrogen) atoms. The second-order valence-electron chi connectivity index (χ2n) is 7.28. The van der Waals surface area contributed by atoms with Crippen LogP contribution in [0.3, 0.4) is 0 Å². The van der Waals surface area contributed by atoms with Gasteiger partial charge in [0, 0.05) is 11.4 Å². The van der Waals surface area contributed by atoms with Crippen molar-refractivity contribution < 1.29 is 23.9 Å². The zero-order valence-electron chi connectivity index (χ0n) is 16.4. The van der Waals surface area contributed by atoms with Gasteiger partial charge >= 0.3 is 7.60 Å². The van der Waals surface area contributed by atoms with E-state index in [4.69, 9.17) is 23.2 Å². The van der Waals surface area contributed by atoms with Crippen LogP contribution >= 0.6 is 30.8 Å². The third-order valence-corrected chi connectivity index (χ3v) is 6.16. The standard InChI is InChI=1S/C20H23Cl2N2O5P/c1-12(2)8-18(30(27,28)29)20(26)24-15-5-3-4-14(11-15)23-19(25)10-13-6-7-16(21)17(22)9-13/h3-7,9,11-12,18H,8,10H2,1-2H3,(H,23,25)(H,24,26)(H2,27,28,29). The summed E-state index contributed by atoms with van der Waals surface area (Å²) in [7, 11) is -4.61. The SMILES string of the molecule is CC(C)CC(C(=O)Nc1cccc(NC(=O)Cc2ccc(Cl)c(Cl)c2)c1)P(=O)(O)O. The van der Waals surface area contributed by atoms with Crippen molar-refractivity contribution in [2.24, 2.45) is 5.92 Å². The maximum Gasteiger partial charge on any atom is 0.337 e. The van der Waals surface area contributed by atoms with Gasteiger partial charge in [0.25, 0.3) is 0 Å². The Bertz CT molecular complexity index is 977. The largest absolute Gasteiger partial charge is 0.337 e. The number of amides is 2. The summed E-state index contributed by atoms with van der Waals surface area (Å²) in [4.78, 5) is 43.7. The second kappa shape index (κ2) is 10.4. The highest BCUT2D eigenvalue weighted by Gasteiger charge is 2.36. The fraction of sp³-hybridized carbons (Fsp3) is 0.300. The minimum Gasteiger partial charge on any atom is -0.326 e. The minimum absolute atomic E-state index is 0.0518. The van der Waals surface area contributed by atoms with E-state index in [9.17, 15) is 23.9 Å². The van der Waals surface area contributed by atoms with E-state index in [1.54, 1.807) is 50.2 Å². The normalized spacial score (nSPS) is 12.5. The number of halogens is 2. The van der Waals surface area contributed by atoms with Crippen LogP contribution in [0.1, 0.15) is 25.8 Å². The summed E-state index contributed by atoms with van der Waals surface area (Å²) >= 11 is 11.8. The number of anilines is 2. The van der Waals surface area contributed by atoms with Crippen molar-refractivity contribution >= 4 is 54.0 Å². The lowest BCUT2D eigenvalue weighted by atomic mass is 10.1. The molecule has 0 saturated heterocycles. The van der Waals surface area contributed by atoms with E-state index in [1.807, 2.05) is 0 Å². The summed E-state index contributed by atoms with van der Waals surface area (Å²) in [6, 6.07) is 11.2. The molecule has 0 aliphatic carbocycles. The van der Waals surface area contributed by atoms with Crippen LogP contribution in [0.5, 0.6) is 0 Å². The van der Waals surface area contributed by atoms with Crippen LogP contribution < -0.4 is 10.6 Å². The van der Waals surface area contributed by atoms with Crippen LogP contribution in [0.25, 0.3) is 0 Å². The van der Waals surface area contributed by atoms with Gasteiger partial charge in [0.1, 0.15) is 5.66 Å². The molecule has 0 aliphatic rings. The van der Waals surface area contributed by atoms with Crippen molar-refractivity contribution in [1.82, 2.24) is 0 Å². The minimum atomic E-state index is -4.61. The summed E-state index contributed by atoms with van der Waals surface area (Å²) in [6.07, 6.45) is 0.123. The molecule has 0 heterocycles. The lowest BCUT2D eigenvalue weighted by molar-refractivity contribution is -0.116. The van der Waals surface area contributed by atoms with Crippen molar-refractivity contribution in [2.45, 2.75) is 32.3 Å². The van der Waals surface area contributed by atoms with Crippen LogP contribution in [0.15, 0.2) is 42.5 Å². The predicted molar refractivity (Wildman–Crippen MR) is 119 cm³/mol. The van der Waals surface area contributed by atoms with Crippen molar-refractivity contribution in [3.05, 3.63) is 58.1 Å². The fourth-order valence-electron chi connectivity index (χ4n) is 2.78. The molecule has 0 fully saturated rings. The van der Waals surface area contributed by atoms with Gasteiger partial charge in [-0.2, -0.15) is 0 Å². The molecule has 10 heteroatoms. The Kier molecular flexibility index (Phi) is 8.47. The highest BCUT2D eigenvalue weighted by molar-refractivity contribution is 7.53. The van der Waals surface area contributed by atoms with Crippen molar-refractivity contribution in [1.29, 1.82) is 0 Å². The lowest BCUT2D eigenvalue weighted by Gasteiger charge is -2.20. The first-order valence-electron chi connectivity index (χ1n) is 9.15. The van der Waals surface area contributed by atoms with Crippen LogP contribution in [-0.4, -0.2) is 27.3 Å². The molecule has 1 unspecified atom stereocenters. The van der Waals surface area contributed by atoms with Crippen LogP contribution in [0.4, 0.5) is 11.4 Å². The summed E-state index contributed by atoms with van der Waals surface area (Å²) < 4.78 is 11.7. The molecule has 0 spiro atoms. The van der Waals surface area contributed by atoms with E-state index in [2.05, 4.69) is 10.6 Å². The maximum absolute atomic E-state index is 12.4. The fourth-order valence-corrected chi connectivity index (χ4v) is 4.17. The number of rotatable bonds is 8. The predicted octanol–water partition coefficient (Wildman–Crippen LogP) is 4.71. The van der Waals surface area contributed by atoms with E-state index < -0.39 is 19.2 Å². The van der Waals surface area contributed by atoms with Crippen molar-refractivity contribution in [3.63, 3.8) is 0 Å². The maximum atomic E-state index is 12.4. The van der Waals surface area contributed by atoms with Gasteiger partial charge in [-0.1, -0.05) is 49.2 Å². The smallest absolute Gasteiger partial charge is 0.326 e. The number of hydrogen-bond donors (Lipinski definition) is 4. The average Bonchev–Trinajstić information content (AvgIpc) is 2.62. The van der Waals surface area contributed by atoms with Crippen molar-refractivity contribution in [3.8, 4) is 0 Å². The monoisotopic (exact) mass is 472 g/mol. The van der Waals surface area contributed by atoms with Gasteiger partial charge in [0.2, 0.25) is 11.8 Å². The Labute approximate surface area is 184 Å². The molecule has 0 radical (unpaired) electrons. The molecule has 2 rings (SSSR count).